The number of hydrogen-bond donors (Lipinski definition) is 1. The summed E-state index contributed by atoms with van der Waals surface area (Å²) in [7, 11) is 0. The van der Waals surface area contributed by atoms with Gasteiger partial charge < -0.3 is 4.90 Å². The molecular formula is C10H18N2. The summed E-state index contributed by atoms with van der Waals surface area (Å²) in [6.45, 7) is 6.79. The Bertz CT molecular complexity index is 195. The summed E-state index contributed by atoms with van der Waals surface area (Å²) in [5.74, 6) is 1.48. The fourth-order valence-corrected chi connectivity index (χ4v) is 2.11. The molecule has 1 saturated carbocycles. The summed E-state index contributed by atoms with van der Waals surface area (Å²) >= 11 is 0. The zero-order valence-electron chi connectivity index (χ0n) is 8.06. The van der Waals surface area contributed by atoms with Crippen LogP contribution >= 0.6 is 0 Å². The van der Waals surface area contributed by atoms with Gasteiger partial charge in [0.1, 0.15) is 0 Å². The number of amidine groups is 1. The Kier molecular flexibility index (Phi) is 1.67. The Morgan fingerprint density at radius 1 is 1.33 bits per heavy atom. The molecule has 0 aromatic rings. The first-order chi connectivity index (χ1) is 5.61. The molecule has 0 aromatic carbocycles. The lowest BCUT2D eigenvalue weighted by Gasteiger charge is -2.19. The summed E-state index contributed by atoms with van der Waals surface area (Å²) in [6.07, 6.45) is 3.80. The third-order valence-corrected chi connectivity index (χ3v) is 3.29. The molecule has 2 heteroatoms. The Balaban J connectivity index is 1.93. The van der Waals surface area contributed by atoms with Gasteiger partial charge in [0.2, 0.25) is 0 Å². The highest BCUT2D eigenvalue weighted by molar-refractivity contribution is 5.85. The van der Waals surface area contributed by atoms with E-state index >= 15 is 0 Å². The molecule has 2 fully saturated rings. The lowest BCUT2D eigenvalue weighted by atomic mass is 10.1. The lowest BCUT2D eigenvalue weighted by molar-refractivity contribution is 0.481. The maximum Gasteiger partial charge on any atom is 0.0995 e. The predicted molar refractivity (Wildman–Crippen MR) is 50.4 cm³/mol. The van der Waals surface area contributed by atoms with Crippen LogP contribution in [0.4, 0.5) is 0 Å². The minimum absolute atomic E-state index is 0.430. The number of nitrogens with one attached hydrogen (secondary N) is 1. The maximum atomic E-state index is 7.98. The fourth-order valence-electron chi connectivity index (χ4n) is 2.11. The second-order valence-electron chi connectivity index (χ2n) is 4.82. The summed E-state index contributed by atoms with van der Waals surface area (Å²) in [5.41, 5.74) is 0.430. The van der Waals surface area contributed by atoms with Crippen molar-refractivity contribution < 1.29 is 0 Å². The van der Waals surface area contributed by atoms with E-state index in [1.54, 1.807) is 0 Å². The molecule has 0 amide bonds. The molecule has 0 radical (unpaired) electrons. The zero-order valence-corrected chi connectivity index (χ0v) is 8.06. The van der Waals surface area contributed by atoms with Gasteiger partial charge in [-0.1, -0.05) is 13.8 Å². The van der Waals surface area contributed by atoms with Gasteiger partial charge in [-0.05, 0) is 24.7 Å². The van der Waals surface area contributed by atoms with E-state index in [1.807, 2.05) is 0 Å². The highest BCUT2D eigenvalue weighted by Crippen LogP contribution is 2.52. The summed E-state index contributed by atoms with van der Waals surface area (Å²) < 4.78 is 0. The molecule has 0 bridgehead atoms. The molecule has 1 N–H and O–H groups in total. The number of rotatable bonds is 1. The van der Waals surface area contributed by atoms with Crippen molar-refractivity contribution in [2.75, 3.05) is 13.1 Å². The minimum Gasteiger partial charge on any atom is -0.360 e. The quantitative estimate of drug-likeness (QED) is 0.469. The standard InChI is InChI=1S/C10H18N2/c1-10(2)7-8(10)9(11)12-5-3-4-6-12/h8,11H,3-7H2,1-2H3. The van der Waals surface area contributed by atoms with Gasteiger partial charge in [0.05, 0.1) is 5.84 Å². The van der Waals surface area contributed by atoms with Crippen LogP contribution < -0.4 is 0 Å². The number of likely N-dealkylation sites (tertiary alicyclic amines) is 1. The molecule has 2 rings (SSSR count). The molecule has 1 heterocycles. The third-order valence-electron chi connectivity index (χ3n) is 3.29. The second kappa shape index (κ2) is 2.48. The summed E-state index contributed by atoms with van der Waals surface area (Å²) in [5, 5.41) is 7.98. The van der Waals surface area contributed by atoms with Gasteiger partial charge in [-0.15, -0.1) is 0 Å². The van der Waals surface area contributed by atoms with E-state index in [2.05, 4.69) is 18.7 Å². The summed E-state index contributed by atoms with van der Waals surface area (Å²) in [6, 6.07) is 0. The van der Waals surface area contributed by atoms with Crippen molar-refractivity contribution >= 4 is 5.84 Å². The highest BCUT2D eigenvalue weighted by Gasteiger charge is 2.49. The first-order valence-corrected chi connectivity index (χ1v) is 4.95. The van der Waals surface area contributed by atoms with E-state index in [1.165, 1.54) is 19.3 Å². The van der Waals surface area contributed by atoms with Crippen molar-refractivity contribution in [1.29, 1.82) is 5.41 Å². The molecule has 0 aromatic heterocycles. The monoisotopic (exact) mass is 166 g/mol. The first-order valence-electron chi connectivity index (χ1n) is 4.95. The zero-order chi connectivity index (χ0) is 8.77. The van der Waals surface area contributed by atoms with Gasteiger partial charge in [0, 0.05) is 19.0 Å². The molecule has 2 nitrogen and oxygen atoms in total. The molecule has 1 saturated heterocycles. The Morgan fingerprint density at radius 2 is 1.83 bits per heavy atom. The topological polar surface area (TPSA) is 27.1 Å². The van der Waals surface area contributed by atoms with E-state index in [9.17, 15) is 0 Å². The van der Waals surface area contributed by atoms with Gasteiger partial charge in [0.25, 0.3) is 0 Å². The van der Waals surface area contributed by atoms with Crippen LogP contribution in [0, 0.1) is 16.7 Å². The van der Waals surface area contributed by atoms with E-state index in [4.69, 9.17) is 5.41 Å². The van der Waals surface area contributed by atoms with Crippen LogP contribution in [-0.2, 0) is 0 Å². The Morgan fingerprint density at radius 3 is 2.25 bits per heavy atom. The molecule has 2 aliphatic rings. The summed E-state index contributed by atoms with van der Waals surface area (Å²) in [4.78, 5) is 2.26. The molecule has 68 valence electrons. The van der Waals surface area contributed by atoms with Gasteiger partial charge >= 0.3 is 0 Å². The molecule has 1 atom stereocenters. The maximum absolute atomic E-state index is 7.98. The average molecular weight is 166 g/mol. The van der Waals surface area contributed by atoms with E-state index < -0.39 is 0 Å². The SMILES string of the molecule is CC1(C)CC1C(=N)N1CCCC1. The van der Waals surface area contributed by atoms with Crippen molar-refractivity contribution in [1.82, 2.24) is 4.90 Å². The fraction of sp³-hybridized carbons (Fsp3) is 0.900. The molecule has 1 unspecified atom stereocenters. The van der Waals surface area contributed by atoms with Crippen LogP contribution in [0.2, 0.25) is 0 Å². The van der Waals surface area contributed by atoms with Gasteiger partial charge in [0.15, 0.2) is 0 Å². The van der Waals surface area contributed by atoms with Crippen molar-refractivity contribution in [3.05, 3.63) is 0 Å². The average Bonchev–Trinajstić information content (AvgIpc) is 2.56. The van der Waals surface area contributed by atoms with Crippen LogP contribution in [-0.4, -0.2) is 23.8 Å². The van der Waals surface area contributed by atoms with Crippen molar-refractivity contribution in [3.63, 3.8) is 0 Å². The van der Waals surface area contributed by atoms with Gasteiger partial charge in [-0.25, -0.2) is 0 Å². The van der Waals surface area contributed by atoms with Crippen molar-refractivity contribution in [2.45, 2.75) is 33.1 Å². The second-order valence-corrected chi connectivity index (χ2v) is 4.82. The Labute approximate surface area is 74.5 Å². The van der Waals surface area contributed by atoms with Crippen LogP contribution in [0.1, 0.15) is 33.1 Å². The normalized spacial score (nSPS) is 32.2. The van der Waals surface area contributed by atoms with Crippen molar-refractivity contribution in [3.8, 4) is 0 Å². The smallest absolute Gasteiger partial charge is 0.0995 e. The molecule has 1 aliphatic heterocycles. The number of hydrogen-bond acceptors (Lipinski definition) is 1. The third kappa shape index (κ3) is 1.23. The van der Waals surface area contributed by atoms with E-state index in [-0.39, 0.29) is 0 Å². The molecular weight excluding hydrogens is 148 g/mol. The molecule has 1 aliphatic carbocycles. The van der Waals surface area contributed by atoms with E-state index in [0.717, 1.165) is 18.9 Å². The van der Waals surface area contributed by atoms with Gasteiger partial charge in [-0.3, -0.25) is 5.41 Å². The largest absolute Gasteiger partial charge is 0.360 e. The van der Waals surface area contributed by atoms with Crippen LogP contribution in [0.5, 0.6) is 0 Å². The first kappa shape index (κ1) is 8.09. The highest BCUT2D eigenvalue weighted by atomic mass is 15.2. The predicted octanol–water partition coefficient (Wildman–Crippen LogP) is 2.11. The van der Waals surface area contributed by atoms with E-state index in [0.29, 0.717) is 11.3 Å². The van der Waals surface area contributed by atoms with Crippen LogP contribution in [0.15, 0.2) is 0 Å². The molecule has 12 heavy (non-hydrogen) atoms. The lowest BCUT2D eigenvalue weighted by Crippen LogP contribution is -2.29. The van der Waals surface area contributed by atoms with Gasteiger partial charge in [-0.2, -0.15) is 0 Å². The van der Waals surface area contributed by atoms with Crippen LogP contribution in [0.3, 0.4) is 0 Å². The molecule has 0 spiro atoms. The minimum atomic E-state index is 0.430. The van der Waals surface area contributed by atoms with Crippen molar-refractivity contribution in [2.24, 2.45) is 11.3 Å². The Hall–Kier alpha value is -0.530. The van der Waals surface area contributed by atoms with Crippen LogP contribution in [0.25, 0.3) is 0 Å². The number of nitrogens with zero attached hydrogens (tertiary/aromatic N) is 1.